The van der Waals surface area contributed by atoms with Gasteiger partial charge in [0, 0.05) is 26.0 Å². The Labute approximate surface area is 122 Å². The van der Waals surface area contributed by atoms with Gasteiger partial charge in [0.1, 0.15) is 6.54 Å². The van der Waals surface area contributed by atoms with E-state index < -0.39 is 0 Å². The topological polar surface area (TPSA) is 83.9 Å². The standard InChI is InChI=1S/C14H17N5O2/c1-3-9-4-11(19-8-12(20)17(2)14(19)21)13-16-10(5-15)7-18(13)6-9/h4,6-7H,3,5,8,15H2,1-2H3. The molecule has 3 rings (SSSR count). The third kappa shape index (κ3) is 2.06. The van der Waals surface area contributed by atoms with Crippen molar-refractivity contribution < 1.29 is 9.59 Å². The predicted molar refractivity (Wildman–Crippen MR) is 78.0 cm³/mol. The summed E-state index contributed by atoms with van der Waals surface area (Å²) in [6.45, 7) is 2.41. The molecule has 2 N–H and O–H groups in total. The summed E-state index contributed by atoms with van der Waals surface area (Å²) in [6.07, 6.45) is 4.64. The fourth-order valence-corrected chi connectivity index (χ4v) is 2.46. The maximum absolute atomic E-state index is 12.2. The van der Waals surface area contributed by atoms with Crippen molar-refractivity contribution in [1.29, 1.82) is 0 Å². The normalized spacial score (nSPS) is 15.6. The SMILES string of the molecule is CCc1cc(N2CC(=O)N(C)C2=O)c2nc(CN)cn2c1. The lowest BCUT2D eigenvalue weighted by atomic mass is 10.2. The summed E-state index contributed by atoms with van der Waals surface area (Å²) in [5.74, 6) is -0.217. The smallest absolute Gasteiger partial charge is 0.325 e. The van der Waals surface area contributed by atoms with E-state index in [2.05, 4.69) is 4.98 Å². The molecule has 21 heavy (non-hydrogen) atoms. The number of fused-ring (bicyclic) bond motifs is 1. The predicted octanol–water partition coefficient (Wildman–Crippen LogP) is 0.754. The van der Waals surface area contributed by atoms with Crippen molar-refractivity contribution in [2.75, 3.05) is 18.5 Å². The minimum absolute atomic E-state index is 0.0446. The second kappa shape index (κ2) is 4.85. The molecular weight excluding hydrogens is 270 g/mol. The van der Waals surface area contributed by atoms with E-state index in [-0.39, 0.29) is 18.5 Å². The number of pyridine rings is 1. The average Bonchev–Trinajstić information content (AvgIpc) is 3.02. The first-order valence-electron chi connectivity index (χ1n) is 6.83. The summed E-state index contributed by atoms with van der Waals surface area (Å²) in [7, 11) is 1.49. The summed E-state index contributed by atoms with van der Waals surface area (Å²) in [6, 6.07) is 1.58. The molecule has 0 saturated carbocycles. The van der Waals surface area contributed by atoms with E-state index in [9.17, 15) is 9.59 Å². The molecular formula is C14H17N5O2. The van der Waals surface area contributed by atoms with Crippen LogP contribution in [-0.2, 0) is 17.8 Å². The Morgan fingerprint density at radius 1 is 1.33 bits per heavy atom. The molecule has 3 heterocycles. The molecule has 0 bridgehead atoms. The second-order valence-corrected chi connectivity index (χ2v) is 5.08. The number of carbonyl (C=O) groups excluding carboxylic acids is 2. The summed E-state index contributed by atoms with van der Waals surface area (Å²) < 4.78 is 1.87. The van der Waals surface area contributed by atoms with Crippen molar-refractivity contribution in [3.63, 3.8) is 0 Å². The highest BCUT2D eigenvalue weighted by Gasteiger charge is 2.35. The van der Waals surface area contributed by atoms with Crippen LogP contribution < -0.4 is 10.6 Å². The maximum atomic E-state index is 12.2. The largest absolute Gasteiger partial charge is 0.331 e. The molecule has 110 valence electrons. The fourth-order valence-electron chi connectivity index (χ4n) is 2.46. The molecule has 1 saturated heterocycles. The van der Waals surface area contributed by atoms with Gasteiger partial charge in [0.15, 0.2) is 5.65 Å². The Bertz CT molecular complexity index is 736. The zero-order valence-electron chi connectivity index (χ0n) is 12.0. The number of aryl methyl sites for hydroxylation is 1. The lowest BCUT2D eigenvalue weighted by Crippen LogP contribution is -2.30. The zero-order chi connectivity index (χ0) is 15.1. The van der Waals surface area contributed by atoms with Gasteiger partial charge in [-0.2, -0.15) is 0 Å². The molecule has 1 aliphatic rings. The van der Waals surface area contributed by atoms with Gasteiger partial charge in [-0.05, 0) is 18.1 Å². The number of amides is 3. The van der Waals surface area contributed by atoms with Gasteiger partial charge >= 0.3 is 6.03 Å². The van der Waals surface area contributed by atoms with Gasteiger partial charge in [-0.25, -0.2) is 9.78 Å². The Morgan fingerprint density at radius 3 is 2.67 bits per heavy atom. The average molecular weight is 287 g/mol. The number of urea groups is 1. The number of aromatic nitrogens is 2. The van der Waals surface area contributed by atoms with Gasteiger partial charge in [-0.1, -0.05) is 6.92 Å². The first kappa shape index (κ1) is 13.6. The van der Waals surface area contributed by atoms with Crippen LogP contribution in [0.25, 0.3) is 5.65 Å². The van der Waals surface area contributed by atoms with Crippen molar-refractivity contribution in [1.82, 2.24) is 14.3 Å². The number of likely N-dealkylation sites (N-methyl/N-ethyl adjacent to an activating group) is 1. The molecule has 2 aromatic rings. The van der Waals surface area contributed by atoms with Crippen LogP contribution in [0.3, 0.4) is 0 Å². The van der Waals surface area contributed by atoms with Gasteiger partial charge in [0.25, 0.3) is 0 Å². The first-order valence-corrected chi connectivity index (χ1v) is 6.83. The summed E-state index contributed by atoms with van der Waals surface area (Å²) in [5, 5.41) is 0. The van der Waals surface area contributed by atoms with Crippen molar-refractivity contribution in [2.24, 2.45) is 5.73 Å². The van der Waals surface area contributed by atoms with Gasteiger partial charge in [-0.15, -0.1) is 0 Å². The Balaban J connectivity index is 2.18. The lowest BCUT2D eigenvalue weighted by molar-refractivity contribution is -0.123. The van der Waals surface area contributed by atoms with Gasteiger partial charge in [0.05, 0.1) is 11.4 Å². The van der Waals surface area contributed by atoms with Crippen LogP contribution in [0.5, 0.6) is 0 Å². The summed E-state index contributed by atoms with van der Waals surface area (Å²) >= 11 is 0. The Morgan fingerprint density at radius 2 is 2.10 bits per heavy atom. The molecule has 2 aromatic heterocycles. The van der Waals surface area contributed by atoms with E-state index in [1.165, 1.54) is 11.9 Å². The number of nitrogens with two attached hydrogens (primary N) is 1. The number of imide groups is 1. The van der Waals surface area contributed by atoms with Crippen LogP contribution in [-0.4, -0.2) is 39.8 Å². The Hall–Kier alpha value is -2.41. The number of carbonyl (C=O) groups is 2. The molecule has 0 atom stereocenters. The third-order valence-corrected chi connectivity index (χ3v) is 3.73. The molecule has 0 aromatic carbocycles. The highest BCUT2D eigenvalue weighted by Crippen LogP contribution is 2.27. The quantitative estimate of drug-likeness (QED) is 0.844. The second-order valence-electron chi connectivity index (χ2n) is 5.08. The van der Waals surface area contributed by atoms with Crippen LogP contribution in [0.4, 0.5) is 10.5 Å². The zero-order valence-corrected chi connectivity index (χ0v) is 12.0. The number of nitrogens with zero attached hydrogens (tertiary/aromatic N) is 4. The van der Waals surface area contributed by atoms with Gasteiger partial charge in [-0.3, -0.25) is 14.6 Å². The minimum Gasteiger partial charge on any atom is -0.325 e. The number of rotatable bonds is 3. The van der Waals surface area contributed by atoms with E-state index >= 15 is 0 Å². The Kier molecular flexibility index (Phi) is 3.13. The van der Waals surface area contributed by atoms with Gasteiger partial charge in [0.2, 0.25) is 5.91 Å². The highest BCUT2D eigenvalue weighted by atomic mass is 16.2. The van der Waals surface area contributed by atoms with Crippen LogP contribution in [0.2, 0.25) is 0 Å². The van der Waals surface area contributed by atoms with Crippen molar-refractivity contribution in [3.05, 3.63) is 29.7 Å². The molecule has 0 unspecified atom stereocenters. The van der Waals surface area contributed by atoms with Gasteiger partial charge < -0.3 is 10.1 Å². The van der Waals surface area contributed by atoms with Crippen molar-refractivity contribution in [2.45, 2.75) is 19.9 Å². The number of hydrogen-bond acceptors (Lipinski definition) is 4. The fraction of sp³-hybridized carbons (Fsp3) is 0.357. The number of anilines is 1. The van der Waals surface area contributed by atoms with E-state index in [1.807, 2.05) is 29.8 Å². The van der Waals surface area contributed by atoms with Crippen LogP contribution in [0, 0.1) is 0 Å². The molecule has 0 spiro atoms. The molecule has 1 fully saturated rings. The van der Waals surface area contributed by atoms with Crippen LogP contribution in [0.15, 0.2) is 18.5 Å². The molecule has 3 amide bonds. The third-order valence-electron chi connectivity index (χ3n) is 3.73. The molecule has 7 nitrogen and oxygen atoms in total. The minimum atomic E-state index is -0.326. The van der Waals surface area contributed by atoms with E-state index in [0.29, 0.717) is 17.9 Å². The van der Waals surface area contributed by atoms with Crippen molar-refractivity contribution >= 4 is 23.3 Å². The maximum Gasteiger partial charge on any atom is 0.331 e. The first-order chi connectivity index (χ1) is 10.0. The monoisotopic (exact) mass is 287 g/mol. The van der Waals surface area contributed by atoms with E-state index in [1.54, 1.807) is 0 Å². The van der Waals surface area contributed by atoms with Crippen LogP contribution in [0.1, 0.15) is 18.2 Å². The highest BCUT2D eigenvalue weighted by molar-refractivity contribution is 6.13. The lowest BCUT2D eigenvalue weighted by Gasteiger charge is -2.16. The molecule has 1 aliphatic heterocycles. The number of hydrogen-bond donors (Lipinski definition) is 1. The summed E-state index contributed by atoms with van der Waals surface area (Å²) in [5.41, 5.74) is 8.74. The van der Waals surface area contributed by atoms with Crippen molar-refractivity contribution in [3.8, 4) is 0 Å². The molecule has 7 heteroatoms. The van der Waals surface area contributed by atoms with E-state index in [4.69, 9.17) is 5.73 Å². The summed E-state index contributed by atoms with van der Waals surface area (Å²) in [4.78, 5) is 31.0. The molecule has 0 aliphatic carbocycles. The number of imidazole rings is 1. The van der Waals surface area contributed by atoms with E-state index in [0.717, 1.165) is 22.6 Å². The molecule has 0 radical (unpaired) electrons. The van der Waals surface area contributed by atoms with Crippen LogP contribution >= 0.6 is 0 Å².